The Balaban J connectivity index is 2.38. The molecule has 2 aromatic rings. The number of carbonyl (C=O) groups excluding carboxylic acids is 2. The summed E-state index contributed by atoms with van der Waals surface area (Å²) in [5.41, 5.74) is 2.14. The number of ether oxygens (including phenoxy) is 1. The second-order valence-corrected chi connectivity index (χ2v) is 10.2. The van der Waals surface area contributed by atoms with Crippen molar-refractivity contribution < 1.29 is 22.7 Å². The molecular weight excluding hydrogens is 454 g/mol. The first-order chi connectivity index (χ1) is 16.1. The Kier molecular flexibility index (Phi) is 9.92. The smallest absolute Gasteiger partial charge is 0.244 e. The maximum absolute atomic E-state index is 13.5. The fourth-order valence-corrected chi connectivity index (χ4v) is 4.41. The summed E-state index contributed by atoms with van der Waals surface area (Å²) in [5, 5.41) is 2.86. The molecule has 0 spiro atoms. The van der Waals surface area contributed by atoms with Crippen LogP contribution in [0.2, 0.25) is 0 Å². The van der Waals surface area contributed by atoms with Gasteiger partial charge in [-0.3, -0.25) is 13.9 Å². The molecule has 0 fully saturated rings. The number of carbonyl (C=O) groups is 2. The minimum atomic E-state index is -3.82. The van der Waals surface area contributed by atoms with Crippen molar-refractivity contribution in [2.75, 3.05) is 30.8 Å². The van der Waals surface area contributed by atoms with Gasteiger partial charge in [0.2, 0.25) is 21.8 Å². The average molecular weight is 490 g/mol. The van der Waals surface area contributed by atoms with E-state index in [0.29, 0.717) is 12.3 Å². The van der Waals surface area contributed by atoms with E-state index in [4.69, 9.17) is 4.74 Å². The molecule has 0 aromatic heterocycles. The Morgan fingerprint density at radius 3 is 2.44 bits per heavy atom. The van der Waals surface area contributed by atoms with Gasteiger partial charge >= 0.3 is 0 Å². The molecule has 1 N–H and O–H groups in total. The number of rotatable bonds is 12. The van der Waals surface area contributed by atoms with E-state index in [2.05, 4.69) is 5.32 Å². The highest BCUT2D eigenvalue weighted by Crippen LogP contribution is 2.29. The minimum absolute atomic E-state index is 0.173. The van der Waals surface area contributed by atoms with Gasteiger partial charge in [-0.05, 0) is 38.0 Å². The number of sulfonamides is 1. The number of hydrogen-bond acceptors (Lipinski definition) is 5. The molecule has 0 aliphatic rings. The number of unbranched alkanes of at least 4 members (excludes halogenated alkanes) is 1. The van der Waals surface area contributed by atoms with Crippen LogP contribution >= 0.6 is 0 Å². The van der Waals surface area contributed by atoms with Gasteiger partial charge in [0, 0.05) is 13.1 Å². The standard InChI is InChI=1S/C25H35N3O5S/c1-6-7-15-26-25(30)20(3)27(17-21-12-10-11-19(2)16-21)24(29)18-28(34(5,31)32)22-13-8-9-14-23(22)33-4/h8-14,16,20H,6-7,15,17-18H2,1-5H3,(H,26,30)/t20-/m0/s1. The third-order valence-corrected chi connectivity index (χ3v) is 6.59. The lowest BCUT2D eigenvalue weighted by atomic mass is 10.1. The van der Waals surface area contributed by atoms with E-state index in [1.165, 1.54) is 12.0 Å². The fraction of sp³-hybridized carbons (Fsp3) is 0.440. The predicted octanol–water partition coefficient (Wildman–Crippen LogP) is 3.10. The van der Waals surface area contributed by atoms with Gasteiger partial charge in [0.15, 0.2) is 0 Å². The van der Waals surface area contributed by atoms with E-state index >= 15 is 0 Å². The summed E-state index contributed by atoms with van der Waals surface area (Å²) in [6, 6.07) is 13.5. The Hall–Kier alpha value is -3.07. The second-order valence-electron chi connectivity index (χ2n) is 8.27. The number of amides is 2. The van der Waals surface area contributed by atoms with Crippen molar-refractivity contribution in [2.45, 2.75) is 46.2 Å². The van der Waals surface area contributed by atoms with Crippen LogP contribution in [-0.2, 0) is 26.2 Å². The quantitative estimate of drug-likeness (QED) is 0.462. The van der Waals surface area contributed by atoms with Crippen molar-refractivity contribution in [1.82, 2.24) is 10.2 Å². The Labute approximate surface area is 202 Å². The van der Waals surface area contributed by atoms with Crippen LogP contribution in [0.25, 0.3) is 0 Å². The van der Waals surface area contributed by atoms with Gasteiger partial charge in [-0.15, -0.1) is 0 Å². The number of nitrogens with zero attached hydrogens (tertiary/aromatic N) is 2. The molecule has 0 aliphatic heterocycles. The van der Waals surface area contributed by atoms with E-state index in [9.17, 15) is 18.0 Å². The number of benzene rings is 2. The molecule has 0 unspecified atom stereocenters. The summed E-state index contributed by atoms with van der Waals surface area (Å²) in [6.07, 6.45) is 2.81. The summed E-state index contributed by atoms with van der Waals surface area (Å²) in [4.78, 5) is 27.8. The summed E-state index contributed by atoms with van der Waals surface area (Å²) >= 11 is 0. The number of aryl methyl sites for hydroxylation is 1. The van der Waals surface area contributed by atoms with Crippen LogP contribution < -0.4 is 14.4 Å². The number of anilines is 1. The molecule has 0 saturated carbocycles. The summed E-state index contributed by atoms with van der Waals surface area (Å²) < 4.78 is 31.6. The molecule has 1 atom stereocenters. The van der Waals surface area contributed by atoms with Crippen molar-refractivity contribution in [1.29, 1.82) is 0 Å². The van der Waals surface area contributed by atoms with Gasteiger partial charge in [0.1, 0.15) is 18.3 Å². The molecular formula is C25H35N3O5S. The third-order valence-electron chi connectivity index (χ3n) is 5.47. The van der Waals surface area contributed by atoms with Crippen LogP contribution in [0.1, 0.15) is 37.8 Å². The first-order valence-corrected chi connectivity index (χ1v) is 13.2. The number of hydrogen-bond donors (Lipinski definition) is 1. The lowest BCUT2D eigenvalue weighted by Gasteiger charge is -2.32. The molecule has 0 bridgehead atoms. The van der Waals surface area contributed by atoms with Gasteiger partial charge in [-0.2, -0.15) is 0 Å². The van der Waals surface area contributed by atoms with Crippen molar-refractivity contribution in [3.63, 3.8) is 0 Å². The lowest BCUT2D eigenvalue weighted by Crippen LogP contribution is -2.51. The SMILES string of the molecule is CCCCNC(=O)[C@H](C)N(Cc1cccc(C)c1)C(=O)CN(c1ccccc1OC)S(C)(=O)=O. The molecule has 0 heterocycles. The van der Waals surface area contributed by atoms with Crippen LogP contribution in [0.15, 0.2) is 48.5 Å². The highest BCUT2D eigenvalue weighted by Gasteiger charge is 2.31. The van der Waals surface area contributed by atoms with Crippen molar-refractivity contribution in [3.8, 4) is 5.75 Å². The van der Waals surface area contributed by atoms with E-state index < -0.39 is 28.5 Å². The van der Waals surface area contributed by atoms with Gasteiger partial charge in [-0.1, -0.05) is 55.3 Å². The maximum atomic E-state index is 13.5. The maximum Gasteiger partial charge on any atom is 0.244 e. The molecule has 8 nitrogen and oxygen atoms in total. The summed E-state index contributed by atoms with van der Waals surface area (Å²) in [5.74, 6) is -0.440. The van der Waals surface area contributed by atoms with E-state index in [-0.39, 0.29) is 18.1 Å². The van der Waals surface area contributed by atoms with Crippen molar-refractivity contribution >= 4 is 27.5 Å². The van der Waals surface area contributed by atoms with E-state index in [1.54, 1.807) is 31.2 Å². The van der Waals surface area contributed by atoms with Gasteiger partial charge < -0.3 is 15.0 Å². The van der Waals surface area contributed by atoms with E-state index in [1.807, 2.05) is 38.1 Å². The Morgan fingerprint density at radius 2 is 1.82 bits per heavy atom. The second kappa shape index (κ2) is 12.4. The fourth-order valence-electron chi connectivity index (χ4n) is 3.56. The van der Waals surface area contributed by atoms with Crippen molar-refractivity contribution in [3.05, 3.63) is 59.7 Å². The van der Waals surface area contributed by atoms with E-state index in [0.717, 1.165) is 34.5 Å². The molecule has 0 aliphatic carbocycles. The highest BCUT2D eigenvalue weighted by molar-refractivity contribution is 7.92. The lowest BCUT2D eigenvalue weighted by molar-refractivity contribution is -0.139. The van der Waals surface area contributed by atoms with Gasteiger partial charge in [0.05, 0.1) is 19.1 Å². The Morgan fingerprint density at radius 1 is 1.12 bits per heavy atom. The van der Waals surface area contributed by atoms with Gasteiger partial charge in [0.25, 0.3) is 0 Å². The molecule has 186 valence electrons. The monoisotopic (exact) mass is 489 g/mol. The largest absolute Gasteiger partial charge is 0.495 e. The first-order valence-electron chi connectivity index (χ1n) is 11.3. The molecule has 9 heteroatoms. The zero-order valence-electron chi connectivity index (χ0n) is 20.6. The number of para-hydroxylation sites is 2. The third kappa shape index (κ3) is 7.48. The Bertz CT molecular complexity index is 1090. The summed E-state index contributed by atoms with van der Waals surface area (Å²) in [6.45, 7) is 5.86. The zero-order valence-corrected chi connectivity index (χ0v) is 21.4. The molecule has 0 radical (unpaired) electrons. The van der Waals surface area contributed by atoms with Crippen LogP contribution in [-0.4, -0.2) is 57.6 Å². The van der Waals surface area contributed by atoms with Gasteiger partial charge in [-0.25, -0.2) is 8.42 Å². The number of methoxy groups -OCH3 is 1. The minimum Gasteiger partial charge on any atom is -0.495 e. The van der Waals surface area contributed by atoms with Crippen LogP contribution in [0.5, 0.6) is 5.75 Å². The highest BCUT2D eigenvalue weighted by atomic mass is 32.2. The zero-order chi connectivity index (χ0) is 25.3. The first kappa shape index (κ1) is 27.2. The van der Waals surface area contributed by atoms with Crippen LogP contribution in [0.3, 0.4) is 0 Å². The average Bonchev–Trinajstić information content (AvgIpc) is 2.79. The molecule has 0 saturated heterocycles. The molecule has 2 amide bonds. The predicted molar refractivity (Wildman–Crippen MR) is 134 cm³/mol. The topological polar surface area (TPSA) is 96.0 Å². The normalized spacial score (nSPS) is 12.0. The van der Waals surface area contributed by atoms with Crippen LogP contribution in [0.4, 0.5) is 5.69 Å². The van der Waals surface area contributed by atoms with Crippen LogP contribution in [0, 0.1) is 6.92 Å². The molecule has 2 rings (SSSR count). The molecule has 2 aromatic carbocycles. The summed E-state index contributed by atoms with van der Waals surface area (Å²) in [7, 11) is -2.38. The molecule has 34 heavy (non-hydrogen) atoms. The van der Waals surface area contributed by atoms with Crippen molar-refractivity contribution in [2.24, 2.45) is 0 Å². The number of nitrogens with one attached hydrogen (secondary N) is 1.